The number of rotatable bonds is 5. The third kappa shape index (κ3) is 4.73. The lowest BCUT2D eigenvalue weighted by molar-refractivity contribution is -0.141. The van der Waals surface area contributed by atoms with Crippen molar-refractivity contribution in [2.75, 3.05) is 6.54 Å². The van der Waals surface area contributed by atoms with Gasteiger partial charge in [0.15, 0.2) is 0 Å². The molecule has 0 radical (unpaired) electrons. The summed E-state index contributed by atoms with van der Waals surface area (Å²) in [6.07, 6.45) is 6.71. The number of halogens is 1. The summed E-state index contributed by atoms with van der Waals surface area (Å²) in [7, 11) is 0. The molecule has 0 bridgehead atoms. The molecule has 1 unspecified atom stereocenters. The average Bonchev–Trinajstić information content (AvgIpc) is 3.55. The van der Waals surface area contributed by atoms with Gasteiger partial charge in [-0.2, -0.15) is 5.10 Å². The molecule has 7 heteroatoms. The van der Waals surface area contributed by atoms with Crippen molar-refractivity contribution < 1.29 is 19.1 Å². The Morgan fingerprint density at radius 3 is 2.61 bits per heavy atom. The zero-order valence-electron chi connectivity index (χ0n) is 23.0. The van der Waals surface area contributed by atoms with Gasteiger partial charge in [0.05, 0.1) is 23.2 Å². The Labute approximate surface area is 238 Å². The van der Waals surface area contributed by atoms with Crippen molar-refractivity contribution >= 4 is 23.5 Å². The average molecular weight is 550 g/mol. The number of aromatic nitrogens is 2. The van der Waals surface area contributed by atoms with Crippen LogP contribution in [0.2, 0.25) is 0 Å². The second-order valence-electron chi connectivity index (χ2n) is 11.8. The summed E-state index contributed by atoms with van der Waals surface area (Å²) in [4.78, 5) is 27.1. The molecule has 41 heavy (non-hydrogen) atoms. The minimum absolute atomic E-state index is 0.00431. The SMILES string of the molecule is C[C@@H]1c2ccccc2CCN1C(=O)c1cc(C2CC2)n2nc(-c3ccc(/C=C4\CCC(C(=O)O)C4)cc3F)cc2c1. The van der Waals surface area contributed by atoms with Crippen LogP contribution < -0.4 is 0 Å². The third-order valence-electron chi connectivity index (χ3n) is 9.00. The van der Waals surface area contributed by atoms with E-state index in [0.29, 0.717) is 42.1 Å². The monoisotopic (exact) mass is 549 g/mol. The van der Waals surface area contributed by atoms with E-state index in [-0.39, 0.29) is 23.7 Å². The van der Waals surface area contributed by atoms with E-state index >= 15 is 4.39 Å². The van der Waals surface area contributed by atoms with Crippen LogP contribution in [0, 0.1) is 11.7 Å². The first-order valence-corrected chi connectivity index (χ1v) is 14.5. The van der Waals surface area contributed by atoms with E-state index in [1.54, 1.807) is 6.07 Å². The molecular formula is C34H32FN3O3. The summed E-state index contributed by atoms with van der Waals surface area (Å²) in [5.74, 6) is -1.14. The van der Waals surface area contributed by atoms with Gasteiger partial charge in [-0.15, -0.1) is 0 Å². The molecule has 2 aliphatic carbocycles. The van der Waals surface area contributed by atoms with Crippen molar-refractivity contribution in [2.45, 2.75) is 57.4 Å². The number of pyridine rings is 1. The summed E-state index contributed by atoms with van der Waals surface area (Å²) < 4.78 is 17.3. The molecule has 2 fully saturated rings. The van der Waals surface area contributed by atoms with Gasteiger partial charge in [-0.1, -0.05) is 42.0 Å². The minimum atomic E-state index is -0.770. The van der Waals surface area contributed by atoms with Gasteiger partial charge < -0.3 is 10.0 Å². The molecule has 3 aliphatic rings. The number of nitrogens with zero attached hydrogens (tertiary/aromatic N) is 3. The Morgan fingerprint density at radius 2 is 1.85 bits per heavy atom. The molecule has 7 rings (SSSR count). The van der Waals surface area contributed by atoms with Gasteiger partial charge >= 0.3 is 5.97 Å². The predicted octanol–water partition coefficient (Wildman–Crippen LogP) is 7.05. The Balaban J connectivity index is 1.20. The predicted molar refractivity (Wildman–Crippen MR) is 155 cm³/mol. The van der Waals surface area contributed by atoms with Crippen LogP contribution in [-0.4, -0.2) is 38.0 Å². The minimum Gasteiger partial charge on any atom is -0.481 e. The van der Waals surface area contributed by atoms with Gasteiger partial charge in [-0.3, -0.25) is 9.59 Å². The van der Waals surface area contributed by atoms with Crippen molar-refractivity contribution in [2.24, 2.45) is 5.92 Å². The van der Waals surface area contributed by atoms with E-state index in [1.165, 1.54) is 17.2 Å². The number of carboxylic acids is 1. The fraction of sp³-hybridized carbons (Fsp3) is 0.324. The van der Waals surface area contributed by atoms with Gasteiger partial charge in [0.1, 0.15) is 5.82 Å². The molecule has 1 N–H and O–H groups in total. The number of allylic oxidation sites excluding steroid dienone is 1. The van der Waals surface area contributed by atoms with E-state index in [9.17, 15) is 14.7 Å². The summed E-state index contributed by atoms with van der Waals surface area (Å²) in [6, 6.07) is 19.1. The Hall–Kier alpha value is -4.26. The van der Waals surface area contributed by atoms with Crippen LogP contribution in [0.5, 0.6) is 0 Å². The number of benzene rings is 2. The van der Waals surface area contributed by atoms with Gasteiger partial charge in [0.2, 0.25) is 0 Å². The van der Waals surface area contributed by atoms with Gasteiger partial charge in [-0.25, -0.2) is 8.91 Å². The van der Waals surface area contributed by atoms with Crippen LogP contribution in [0.15, 0.2) is 66.2 Å². The van der Waals surface area contributed by atoms with E-state index in [4.69, 9.17) is 5.10 Å². The second kappa shape index (κ2) is 9.98. The highest BCUT2D eigenvalue weighted by Gasteiger charge is 2.32. The smallest absolute Gasteiger partial charge is 0.306 e. The van der Waals surface area contributed by atoms with Crippen LogP contribution in [-0.2, 0) is 11.2 Å². The van der Waals surface area contributed by atoms with Gasteiger partial charge in [0, 0.05) is 29.3 Å². The molecule has 1 aliphatic heterocycles. The van der Waals surface area contributed by atoms with Crippen LogP contribution >= 0.6 is 0 Å². The lowest BCUT2D eigenvalue weighted by Crippen LogP contribution is -2.38. The van der Waals surface area contributed by atoms with Gasteiger partial charge in [0.25, 0.3) is 5.91 Å². The standard InChI is InChI=1S/C34H32FN3O3/c1-20-28-5-3-2-4-23(28)12-13-37(20)33(39)26-17-27-19-31(36-38(27)32(18-26)24-9-10-24)29-11-7-22(16-30(29)35)14-21-6-8-25(15-21)34(40)41/h2-5,7,11,14,16-20,24-25H,6,8-10,12-13,15H2,1H3,(H,40,41)/b21-14+/t20-,25?/m1/s1. The van der Waals surface area contributed by atoms with Gasteiger partial charge in [-0.05, 0) is 92.5 Å². The fourth-order valence-electron chi connectivity index (χ4n) is 6.55. The van der Waals surface area contributed by atoms with Crippen molar-refractivity contribution in [3.63, 3.8) is 0 Å². The molecule has 2 atom stereocenters. The van der Waals surface area contributed by atoms with Crippen molar-refractivity contribution in [3.8, 4) is 11.3 Å². The Morgan fingerprint density at radius 1 is 1.02 bits per heavy atom. The quantitative estimate of drug-likeness (QED) is 0.290. The fourth-order valence-corrected chi connectivity index (χ4v) is 6.55. The van der Waals surface area contributed by atoms with Crippen molar-refractivity contribution in [3.05, 3.63) is 100 Å². The normalized spacial score (nSPS) is 21.4. The van der Waals surface area contributed by atoms with Crippen LogP contribution in [0.3, 0.4) is 0 Å². The lowest BCUT2D eigenvalue weighted by Gasteiger charge is -2.35. The molecular weight excluding hydrogens is 517 g/mol. The molecule has 6 nitrogen and oxygen atoms in total. The highest BCUT2D eigenvalue weighted by molar-refractivity contribution is 5.96. The summed E-state index contributed by atoms with van der Waals surface area (Å²) in [6.45, 7) is 2.77. The van der Waals surface area contributed by atoms with E-state index in [0.717, 1.165) is 48.0 Å². The Bertz CT molecular complexity index is 1730. The Kier molecular flexibility index (Phi) is 6.25. The van der Waals surface area contributed by atoms with Crippen LogP contribution in [0.25, 0.3) is 22.9 Å². The molecule has 0 spiro atoms. The molecule has 2 saturated carbocycles. The van der Waals surface area contributed by atoms with Crippen molar-refractivity contribution in [1.82, 2.24) is 14.5 Å². The van der Waals surface area contributed by atoms with E-state index < -0.39 is 5.97 Å². The molecule has 2 aromatic carbocycles. The molecule has 0 saturated heterocycles. The highest BCUT2D eigenvalue weighted by atomic mass is 19.1. The van der Waals surface area contributed by atoms with Crippen LogP contribution in [0.4, 0.5) is 4.39 Å². The number of hydrogen-bond acceptors (Lipinski definition) is 3. The first-order chi connectivity index (χ1) is 19.9. The second-order valence-corrected chi connectivity index (χ2v) is 11.8. The maximum Gasteiger partial charge on any atom is 0.306 e. The number of carbonyl (C=O) groups is 2. The maximum atomic E-state index is 15.4. The highest BCUT2D eigenvalue weighted by Crippen LogP contribution is 2.41. The zero-order chi connectivity index (χ0) is 28.2. The van der Waals surface area contributed by atoms with E-state index in [2.05, 4.69) is 25.1 Å². The lowest BCUT2D eigenvalue weighted by atomic mass is 9.93. The van der Waals surface area contributed by atoms with Crippen LogP contribution in [0.1, 0.15) is 83.7 Å². The first kappa shape index (κ1) is 25.7. The summed E-state index contributed by atoms with van der Waals surface area (Å²) in [5.41, 5.74) is 7.63. The third-order valence-corrected chi connectivity index (χ3v) is 9.00. The topological polar surface area (TPSA) is 74.9 Å². The summed E-state index contributed by atoms with van der Waals surface area (Å²) in [5, 5.41) is 14.1. The number of carboxylic acid groups (broad SMARTS) is 1. The maximum absolute atomic E-state index is 15.4. The molecule has 2 aromatic heterocycles. The van der Waals surface area contributed by atoms with Crippen molar-refractivity contribution in [1.29, 1.82) is 0 Å². The van der Waals surface area contributed by atoms with E-state index in [1.807, 2.05) is 45.8 Å². The molecule has 208 valence electrons. The summed E-state index contributed by atoms with van der Waals surface area (Å²) >= 11 is 0. The zero-order valence-corrected chi connectivity index (χ0v) is 23.0. The molecule has 3 heterocycles. The largest absolute Gasteiger partial charge is 0.481 e. The number of fused-ring (bicyclic) bond motifs is 2. The first-order valence-electron chi connectivity index (χ1n) is 14.5. The number of aliphatic carboxylic acids is 1. The number of carbonyl (C=O) groups excluding carboxylic acids is 1. The number of hydrogen-bond donors (Lipinski definition) is 1. The number of amides is 1. The molecule has 1 amide bonds. The molecule has 4 aromatic rings.